The molecule has 0 amide bonds. The summed E-state index contributed by atoms with van der Waals surface area (Å²) in [5.74, 6) is 0.167. The van der Waals surface area contributed by atoms with Gasteiger partial charge in [-0.1, -0.05) is 6.07 Å². The highest BCUT2D eigenvalue weighted by Crippen LogP contribution is 2.23. The number of nitrogens with zero attached hydrogens (tertiary/aromatic N) is 3. The number of aromatic nitrogens is 3. The number of alkyl halides is 3. The first kappa shape index (κ1) is 14.4. The van der Waals surface area contributed by atoms with Gasteiger partial charge in [-0.2, -0.15) is 18.3 Å². The van der Waals surface area contributed by atoms with Crippen molar-refractivity contribution in [2.75, 3.05) is 6.61 Å². The Morgan fingerprint density at radius 3 is 2.60 bits per heavy atom. The van der Waals surface area contributed by atoms with Gasteiger partial charge in [0.1, 0.15) is 5.69 Å². The molecule has 0 bridgehead atoms. The zero-order valence-corrected chi connectivity index (χ0v) is 11.1. The van der Waals surface area contributed by atoms with Crippen LogP contribution in [0.15, 0.2) is 24.4 Å². The Bertz CT molecular complexity index is 593. The minimum atomic E-state index is -4.23. The standard InChI is InChI=1S/C13H14F3N3O/c1-9-3-4-11(20-8-6-13(14,15)16)17-12(9)10-5-7-19(2)18-10/h3-5,7H,6,8H2,1-2H3. The van der Waals surface area contributed by atoms with Gasteiger partial charge in [-0.25, -0.2) is 4.98 Å². The Balaban J connectivity index is 2.13. The highest BCUT2D eigenvalue weighted by molar-refractivity contribution is 5.58. The number of rotatable bonds is 4. The molecular weight excluding hydrogens is 271 g/mol. The summed E-state index contributed by atoms with van der Waals surface area (Å²) in [5, 5.41) is 4.22. The Hall–Kier alpha value is -2.05. The predicted octanol–water partition coefficient (Wildman–Crippen LogP) is 3.12. The molecule has 0 N–H and O–H groups in total. The molecule has 2 rings (SSSR count). The van der Waals surface area contributed by atoms with Gasteiger partial charge in [0.25, 0.3) is 0 Å². The summed E-state index contributed by atoms with van der Waals surface area (Å²) in [5.41, 5.74) is 2.15. The van der Waals surface area contributed by atoms with Crippen molar-refractivity contribution in [3.63, 3.8) is 0 Å². The summed E-state index contributed by atoms with van der Waals surface area (Å²) in [7, 11) is 1.78. The first-order valence-electron chi connectivity index (χ1n) is 6.02. The Kier molecular flexibility index (Phi) is 3.96. The maximum atomic E-state index is 12.1. The molecule has 0 aliphatic heterocycles. The molecule has 0 saturated carbocycles. The van der Waals surface area contributed by atoms with Crippen LogP contribution in [-0.2, 0) is 7.05 Å². The van der Waals surface area contributed by atoms with Gasteiger partial charge < -0.3 is 4.74 Å². The monoisotopic (exact) mass is 285 g/mol. The molecule has 7 heteroatoms. The van der Waals surface area contributed by atoms with Gasteiger partial charge in [-0.15, -0.1) is 0 Å². The lowest BCUT2D eigenvalue weighted by Crippen LogP contribution is -2.13. The molecular formula is C13H14F3N3O. The van der Waals surface area contributed by atoms with E-state index in [1.54, 1.807) is 36.1 Å². The number of aryl methyl sites for hydroxylation is 2. The summed E-state index contributed by atoms with van der Waals surface area (Å²) >= 11 is 0. The van der Waals surface area contributed by atoms with Crippen molar-refractivity contribution >= 4 is 0 Å². The lowest BCUT2D eigenvalue weighted by atomic mass is 10.2. The molecule has 0 saturated heterocycles. The average Bonchev–Trinajstić information content (AvgIpc) is 2.76. The summed E-state index contributed by atoms with van der Waals surface area (Å²) in [4.78, 5) is 4.21. The minimum absolute atomic E-state index is 0.167. The number of hydrogen-bond acceptors (Lipinski definition) is 3. The summed E-state index contributed by atoms with van der Waals surface area (Å²) in [6.45, 7) is 1.41. The summed E-state index contributed by atoms with van der Waals surface area (Å²) < 4.78 is 42.8. The SMILES string of the molecule is Cc1ccc(OCCC(F)(F)F)nc1-c1ccn(C)n1. The predicted molar refractivity (Wildman–Crippen MR) is 67.3 cm³/mol. The molecule has 0 atom stereocenters. The molecule has 0 aliphatic rings. The number of hydrogen-bond donors (Lipinski definition) is 0. The maximum Gasteiger partial charge on any atom is 0.392 e. The molecule has 0 unspecified atom stereocenters. The normalized spacial score (nSPS) is 11.7. The van der Waals surface area contributed by atoms with Crippen molar-refractivity contribution < 1.29 is 17.9 Å². The fraction of sp³-hybridized carbons (Fsp3) is 0.385. The van der Waals surface area contributed by atoms with Gasteiger partial charge in [0, 0.05) is 19.3 Å². The molecule has 2 aromatic rings. The van der Waals surface area contributed by atoms with Crippen LogP contribution in [0.5, 0.6) is 5.88 Å². The van der Waals surface area contributed by atoms with E-state index in [4.69, 9.17) is 4.74 Å². The molecule has 108 valence electrons. The number of pyridine rings is 1. The first-order chi connectivity index (χ1) is 9.35. The molecule has 0 aliphatic carbocycles. The second-order valence-electron chi connectivity index (χ2n) is 4.40. The van der Waals surface area contributed by atoms with E-state index >= 15 is 0 Å². The number of halogens is 3. The third kappa shape index (κ3) is 3.72. The molecule has 0 aromatic carbocycles. The van der Waals surface area contributed by atoms with Crippen molar-refractivity contribution in [3.8, 4) is 17.3 Å². The van der Waals surface area contributed by atoms with Gasteiger partial charge >= 0.3 is 6.18 Å². The van der Waals surface area contributed by atoms with Gasteiger partial charge in [0.2, 0.25) is 5.88 Å². The molecule has 0 fully saturated rings. The van der Waals surface area contributed by atoms with Crippen LogP contribution >= 0.6 is 0 Å². The third-order valence-electron chi connectivity index (χ3n) is 2.66. The highest BCUT2D eigenvalue weighted by atomic mass is 19.4. The van der Waals surface area contributed by atoms with Crippen molar-refractivity contribution in [3.05, 3.63) is 30.0 Å². The van der Waals surface area contributed by atoms with Crippen LogP contribution in [0, 0.1) is 6.92 Å². The number of ether oxygens (including phenoxy) is 1. The fourth-order valence-electron chi connectivity index (χ4n) is 1.66. The van der Waals surface area contributed by atoms with E-state index < -0.39 is 19.2 Å². The van der Waals surface area contributed by atoms with Gasteiger partial charge in [0.15, 0.2) is 0 Å². The van der Waals surface area contributed by atoms with E-state index in [2.05, 4.69) is 10.1 Å². The van der Waals surface area contributed by atoms with Gasteiger partial charge in [-0.3, -0.25) is 4.68 Å². The van der Waals surface area contributed by atoms with Crippen LogP contribution in [0.4, 0.5) is 13.2 Å². The van der Waals surface area contributed by atoms with Crippen molar-refractivity contribution in [1.29, 1.82) is 0 Å². The van der Waals surface area contributed by atoms with Gasteiger partial charge in [0.05, 0.1) is 18.7 Å². The van der Waals surface area contributed by atoms with Crippen molar-refractivity contribution in [2.45, 2.75) is 19.5 Å². The summed E-state index contributed by atoms with van der Waals surface area (Å²) in [6, 6.07) is 5.09. The van der Waals surface area contributed by atoms with Gasteiger partial charge in [-0.05, 0) is 18.6 Å². The molecule has 2 aromatic heterocycles. The fourth-order valence-corrected chi connectivity index (χ4v) is 1.66. The molecule has 4 nitrogen and oxygen atoms in total. The molecule has 0 radical (unpaired) electrons. The summed E-state index contributed by atoms with van der Waals surface area (Å²) in [6.07, 6.45) is -3.45. The Morgan fingerprint density at radius 1 is 1.25 bits per heavy atom. The smallest absolute Gasteiger partial charge is 0.392 e. The largest absolute Gasteiger partial charge is 0.477 e. The van der Waals surface area contributed by atoms with Crippen LogP contribution < -0.4 is 4.74 Å². The first-order valence-corrected chi connectivity index (χ1v) is 6.02. The second kappa shape index (κ2) is 5.52. The van der Waals surface area contributed by atoms with Crippen molar-refractivity contribution in [2.24, 2.45) is 7.05 Å². The topological polar surface area (TPSA) is 39.9 Å². The van der Waals surface area contributed by atoms with Crippen molar-refractivity contribution in [1.82, 2.24) is 14.8 Å². The molecule has 0 spiro atoms. The van der Waals surface area contributed by atoms with Crippen LogP contribution in [0.1, 0.15) is 12.0 Å². The highest BCUT2D eigenvalue weighted by Gasteiger charge is 2.27. The van der Waals surface area contributed by atoms with E-state index in [0.29, 0.717) is 11.4 Å². The lowest BCUT2D eigenvalue weighted by Gasteiger charge is -2.09. The van der Waals surface area contributed by atoms with Crippen LogP contribution in [-0.4, -0.2) is 27.5 Å². The minimum Gasteiger partial charge on any atom is -0.477 e. The Labute approximate surface area is 114 Å². The Morgan fingerprint density at radius 2 is 2.00 bits per heavy atom. The zero-order valence-electron chi connectivity index (χ0n) is 11.1. The lowest BCUT2D eigenvalue weighted by molar-refractivity contribution is -0.139. The third-order valence-corrected chi connectivity index (χ3v) is 2.66. The maximum absolute atomic E-state index is 12.1. The van der Waals surface area contributed by atoms with Crippen LogP contribution in [0.25, 0.3) is 11.4 Å². The van der Waals surface area contributed by atoms with E-state index in [0.717, 1.165) is 5.56 Å². The van der Waals surface area contributed by atoms with Crippen LogP contribution in [0.2, 0.25) is 0 Å². The van der Waals surface area contributed by atoms with E-state index in [-0.39, 0.29) is 5.88 Å². The zero-order chi connectivity index (χ0) is 14.8. The van der Waals surface area contributed by atoms with E-state index in [1.807, 2.05) is 6.92 Å². The average molecular weight is 285 g/mol. The second-order valence-corrected chi connectivity index (χ2v) is 4.40. The van der Waals surface area contributed by atoms with E-state index in [1.165, 1.54) is 0 Å². The van der Waals surface area contributed by atoms with E-state index in [9.17, 15) is 13.2 Å². The molecule has 20 heavy (non-hydrogen) atoms. The van der Waals surface area contributed by atoms with Crippen LogP contribution in [0.3, 0.4) is 0 Å². The quantitative estimate of drug-likeness (QED) is 0.866. The molecule has 2 heterocycles.